The molecule has 0 atom stereocenters. The molecular formula is C14H18N2O4S. The summed E-state index contributed by atoms with van der Waals surface area (Å²) in [5.74, 6) is 0.683. The standard InChI is InChI=1S/C14H18N2O4S/c1-19-12-3-4-13(20-2)14(9-12)21(17,18)16-7-5-11(10-15)6-8-16/h3-4,9,11H,5-8H2,1-2H3. The van der Waals surface area contributed by atoms with E-state index in [4.69, 9.17) is 14.7 Å². The number of benzene rings is 1. The third-order valence-corrected chi connectivity index (χ3v) is 5.54. The van der Waals surface area contributed by atoms with E-state index < -0.39 is 10.0 Å². The van der Waals surface area contributed by atoms with Crippen molar-refractivity contribution in [2.24, 2.45) is 5.92 Å². The van der Waals surface area contributed by atoms with Gasteiger partial charge in [0.25, 0.3) is 0 Å². The Morgan fingerprint density at radius 2 is 1.90 bits per heavy atom. The second kappa shape index (κ2) is 6.33. The van der Waals surface area contributed by atoms with Gasteiger partial charge in [-0.3, -0.25) is 0 Å². The molecule has 0 unspecified atom stereocenters. The zero-order valence-corrected chi connectivity index (χ0v) is 12.9. The zero-order valence-electron chi connectivity index (χ0n) is 12.1. The Labute approximate surface area is 124 Å². The third-order valence-electron chi connectivity index (χ3n) is 3.63. The van der Waals surface area contributed by atoms with Crippen molar-refractivity contribution in [3.05, 3.63) is 18.2 Å². The fraction of sp³-hybridized carbons (Fsp3) is 0.500. The maximum atomic E-state index is 12.7. The van der Waals surface area contributed by atoms with Gasteiger partial charge in [0.15, 0.2) is 0 Å². The van der Waals surface area contributed by atoms with Crippen molar-refractivity contribution >= 4 is 10.0 Å². The summed E-state index contributed by atoms with van der Waals surface area (Å²) in [6, 6.07) is 6.88. The van der Waals surface area contributed by atoms with Crippen LogP contribution in [0.5, 0.6) is 11.5 Å². The first-order valence-electron chi connectivity index (χ1n) is 6.64. The second-order valence-corrected chi connectivity index (χ2v) is 6.73. The minimum absolute atomic E-state index is 0.0661. The Kier molecular flexibility index (Phi) is 4.70. The molecule has 1 aliphatic heterocycles. The van der Waals surface area contributed by atoms with Crippen LogP contribution >= 0.6 is 0 Å². The molecule has 6 nitrogen and oxygen atoms in total. The number of hydrogen-bond donors (Lipinski definition) is 0. The van der Waals surface area contributed by atoms with Crippen LogP contribution in [-0.4, -0.2) is 40.0 Å². The summed E-state index contributed by atoms with van der Waals surface area (Å²) in [5.41, 5.74) is 0. The lowest BCUT2D eigenvalue weighted by atomic mass is 10.0. The molecule has 0 amide bonds. The molecule has 1 heterocycles. The van der Waals surface area contributed by atoms with E-state index in [2.05, 4.69) is 6.07 Å². The van der Waals surface area contributed by atoms with Gasteiger partial charge in [-0.05, 0) is 25.0 Å². The van der Waals surface area contributed by atoms with Crippen LogP contribution in [0.2, 0.25) is 0 Å². The molecule has 1 aromatic rings. The van der Waals surface area contributed by atoms with Crippen LogP contribution in [0, 0.1) is 17.2 Å². The first kappa shape index (κ1) is 15.6. The highest BCUT2D eigenvalue weighted by molar-refractivity contribution is 7.89. The van der Waals surface area contributed by atoms with Gasteiger partial charge in [0, 0.05) is 25.1 Å². The number of nitriles is 1. The molecule has 0 bridgehead atoms. The highest BCUT2D eigenvalue weighted by Crippen LogP contribution is 2.32. The van der Waals surface area contributed by atoms with Gasteiger partial charge in [-0.25, -0.2) is 8.42 Å². The average Bonchev–Trinajstić information content (AvgIpc) is 2.54. The number of ether oxygens (including phenoxy) is 2. The lowest BCUT2D eigenvalue weighted by molar-refractivity contribution is 0.307. The van der Waals surface area contributed by atoms with Crippen molar-refractivity contribution in [1.82, 2.24) is 4.31 Å². The summed E-state index contributed by atoms with van der Waals surface area (Å²) in [7, 11) is -0.734. The summed E-state index contributed by atoms with van der Waals surface area (Å²) >= 11 is 0. The van der Waals surface area contributed by atoms with E-state index in [1.807, 2.05) is 0 Å². The smallest absolute Gasteiger partial charge is 0.246 e. The predicted molar refractivity (Wildman–Crippen MR) is 76.6 cm³/mol. The van der Waals surface area contributed by atoms with Crippen molar-refractivity contribution < 1.29 is 17.9 Å². The van der Waals surface area contributed by atoms with Gasteiger partial charge < -0.3 is 9.47 Å². The number of sulfonamides is 1. The normalized spacial score (nSPS) is 17.2. The quantitative estimate of drug-likeness (QED) is 0.844. The zero-order chi connectivity index (χ0) is 15.5. The summed E-state index contributed by atoms with van der Waals surface area (Å²) < 4.78 is 37.1. The first-order chi connectivity index (χ1) is 10.0. The Morgan fingerprint density at radius 1 is 1.24 bits per heavy atom. The number of nitrogens with zero attached hydrogens (tertiary/aromatic N) is 2. The summed E-state index contributed by atoms with van der Waals surface area (Å²) in [6.07, 6.45) is 1.12. The van der Waals surface area contributed by atoms with Gasteiger partial charge in [0.2, 0.25) is 10.0 Å². The number of methoxy groups -OCH3 is 2. The summed E-state index contributed by atoms with van der Waals surface area (Å²) in [4.78, 5) is 0.0970. The number of rotatable bonds is 4. The minimum Gasteiger partial charge on any atom is -0.497 e. The highest BCUT2D eigenvalue weighted by Gasteiger charge is 2.31. The Balaban J connectivity index is 2.34. The fourth-order valence-electron chi connectivity index (χ4n) is 2.35. The molecule has 21 heavy (non-hydrogen) atoms. The molecule has 114 valence electrons. The van der Waals surface area contributed by atoms with Crippen molar-refractivity contribution in [2.45, 2.75) is 17.7 Å². The maximum Gasteiger partial charge on any atom is 0.246 e. The van der Waals surface area contributed by atoms with Gasteiger partial charge >= 0.3 is 0 Å². The maximum absolute atomic E-state index is 12.7. The van der Waals surface area contributed by atoms with Crippen molar-refractivity contribution in [3.8, 4) is 17.6 Å². The van der Waals surface area contributed by atoms with E-state index in [0.29, 0.717) is 37.4 Å². The Morgan fingerprint density at radius 3 is 2.43 bits per heavy atom. The van der Waals surface area contributed by atoms with Crippen LogP contribution in [-0.2, 0) is 10.0 Å². The van der Waals surface area contributed by atoms with Gasteiger partial charge in [-0.1, -0.05) is 0 Å². The monoisotopic (exact) mass is 310 g/mol. The van der Waals surface area contributed by atoms with E-state index in [1.54, 1.807) is 12.1 Å². The van der Waals surface area contributed by atoms with Gasteiger partial charge in [0.05, 0.1) is 20.3 Å². The molecule has 1 aromatic carbocycles. The molecule has 2 rings (SSSR count). The van der Waals surface area contributed by atoms with Gasteiger partial charge in [-0.2, -0.15) is 9.57 Å². The van der Waals surface area contributed by atoms with Crippen LogP contribution in [0.4, 0.5) is 0 Å². The second-order valence-electron chi connectivity index (χ2n) is 4.82. The lowest BCUT2D eigenvalue weighted by Crippen LogP contribution is -2.38. The Bertz CT molecular complexity index is 643. The van der Waals surface area contributed by atoms with E-state index in [0.717, 1.165) is 0 Å². The van der Waals surface area contributed by atoms with Crippen molar-refractivity contribution in [3.63, 3.8) is 0 Å². The van der Waals surface area contributed by atoms with E-state index in [9.17, 15) is 8.42 Å². The average molecular weight is 310 g/mol. The number of piperidine rings is 1. The molecule has 0 N–H and O–H groups in total. The van der Waals surface area contributed by atoms with Gasteiger partial charge in [-0.15, -0.1) is 0 Å². The van der Waals surface area contributed by atoms with Crippen molar-refractivity contribution in [2.75, 3.05) is 27.3 Å². The van der Waals surface area contributed by atoms with Crippen LogP contribution in [0.1, 0.15) is 12.8 Å². The lowest BCUT2D eigenvalue weighted by Gasteiger charge is -2.28. The van der Waals surface area contributed by atoms with Crippen LogP contribution in [0.3, 0.4) is 0 Å². The largest absolute Gasteiger partial charge is 0.497 e. The SMILES string of the molecule is COc1ccc(OC)c(S(=O)(=O)N2CCC(C#N)CC2)c1. The molecular weight excluding hydrogens is 292 g/mol. The predicted octanol–water partition coefficient (Wildman–Crippen LogP) is 1.63. The molecule has 0 saturated carbocycles. The van der Waals surface area contributed by atoms with E-state index >= 15 is 0 Å². The summed E-state index contributed by atoms with van der Waals surface area (Å²) in [5, 5.41) is 8.89. The van der Waals surface area contributed by atoms with Crippen molar-refractivity contribution in [1.29, 1.82) is 5.26 Å². The minimum atomic E-state index is -3.65. The molecule has 0 radical (unpaired) electrons. The van der Waals surface area contributed by atoms with Crippen LogP contribution < -0.4 is 9.47 Å². The Hall–Kier alpha value is -1.78. The molecule has 0 aromatic heterocycles. The van der Waals surface area contributed by atoms with Crippen LogP contribution in [0.25, 0.3) is 0 Å². The molecule has 7 heteroatoms. The molecule has 1 aliphatic rings. The van der Waals surface area contributed by atoms with Gasteiger partial charge in [0.1, 0.15) is 16.4 Å². The molecule has 1 fully saturated rings. The van der Waals surface area contributed by atoms with Crippen LogP contribution in [0.15, 0.2) is 23.1 Å². The summed E-state index contributed by atoms with van der Waals surface area (Å²) in [6.45, 7) is 0.696. The third kappa shape index (κ3) is 3.12. The molecule has 0 aliphatic carbocycles. The van der Waals surface area contributed by atoms with E-state index in [1.165, 1.54) is 24.6 Å². The highest BCUT2D eigenvalue weighted by atomic mass is 32.2. The first-order valence-corrected chi connectivity index (χ1v) is 8.08. The number of hydrogen-bond acceptors (Lipinski definition) is 5. The molecule has 1 saturated heterocycles. The topological polar surface area (TPSA) is 79.6 Å². The van der Waals surface area contributed by atoms with E-state index in [-0.39, 0.29) is 10.8 Å². The fourth-order valence-corrected chi connectivity index (χ4v) is 3.99. The molecule has 0 spiro atoms.